The quantitative estimate of drug-likeness (QED) is 0.820. The van der Waals surface area contributed by atoms with E-state index >= 15 is 0 Å². The van der Waals surface area contributed by atoms with Crippen LogP contribution in [0, 0.1) is 5.92 Å². The average molecular weight is 337 g/mol. The number of cyclic esters (lactones) is 1. The maximum Gasteiger partial charge on any atom is 0.310 e. The predicted molar refractivity (Wildman–Crippen MR) is 88.7 cm³/mol. The second kappa shape index (κ2) is 5.89. The molecule has 1 saturated heterocycles. The Balaban J connectivity index is 1.80. The first-order valence-corrected chi connectivity index (χ1v) is 8.48. The molecule has 2 aromatic rings. The summed E-state index contributed by atoms with van der Waals surface area (Å²) in [6.07, 6.45) is 1.47. The van der Waals surface area contributed by atoms with Gasteiger partial charge in [-0.25, -0.2) is 4.98 Å². The Hall–Kier alpha value is -1.59. The molecule has 1 aliphatic heterocycles. The van der Waals surface area contributed by atoms with Crippen LogP contribution in [-0.4, -0.2) is 11.0 Å². The summed E-state index contributed by atoms with van der Waals surface area (Å²) in [5.41, 5.74) is 0.968. The molecule has 4 nitrogen and oxygen atoms in total. The molecule has 1 fully saturated rings. The third-order valence-corrected chi connectivity index (χ3v) is 5.04. The molecule has 0 aliphatic carbocycles. The highest BCUT2D eigenvalue weighted by molar-refractivity contribution is 7.13. The summed E-state index contributed by atoms with van der Waals surface area (Å²) in [6.45, 7) is 3.93. The van der Waals surface area contributed by atoms with Crippen LogP contribution in [0.5, 0.6) is 0 Å². The number of carbonyl (C=O) groups is 1. The van der Waals surface area contributed by atoms with Crippen molar-refractivity contribution in [3.05, 3.63) is 40.4 Å². The second-order valence-electron chi connectivity index (χ2n) is 5.60. The van der Waals surface area contributed by atoms with E-state index in [1.807, 2.05) is 43.5 Å². The Bertz CT molecular complexity index is 703. The van der Waals surface area contributed by atoms with Gasteiger partial charge in [0.25, 0.3) is 0 Å². The maximum absolute atomic E-state index is 11.9. The molecule has 2 atom stereocenters. The fourth-order valence-electron chi connectivity index (χ4n) is 2.62. The van der Waals surface area contributed by atoms with Crippen molar-refractivity contribution in [3.63, 3.8) is 0 Å². The SMILES string of the molecule is CC[C@@H]1C[C@](C)(c2csc(Nc3ccccc3Cl)n2)OC1=O. The number of ether oxygens (including phenoxy) is 1. The van der Waals surface area contributed by atoms with Crippen molar-refractivity contribution in [2.24, 2.45) is 5.92 Å². The van der Waals surface area contributed by atoms with Crippen LogP contribution in [0.15, 0.2) is 29.6 Å². The smallest absolute Gasteiger partial charge is 0.310 e. The number of hydrogen-bond donors (Lipinski definition) is 1. The van der Waals surface area contributed by atoms with Gasteiger partial charge >= 0.3 is 5.97 Å². The van der Waals surface area contributed by atoms with Gasteiger partial charge in [0.05, 0.1) is 22.3 Å². The van der Waals surface area contributed by atoms with Crippen molar-refractivity contribution < 1.29 is 9.53 Å². The molecule has 1 aromatic carbocycles. The van der Waals surface area contributed by atoms with Gasteiger partial charge in [0.1, 0.15) is 0 Å². The number of thiazole rings is 1. The summed E-state index contributed by atoms with van der Waals surface area (Å²) in [7, 11) is 0. The van der Waals surface area contributed by atoms with Crippen LogP contribution in [0.4, 0.5) is 10.8 Å². The summed E-state index contributed by atoms with van der Waals surface area (Å²) in [4.78, 5) is 16.4. The molecule has 0 unspecified atom stereocenters. The van der Waals surface area contributed by atoms with Gasteiger partial charge in [-0.05, 0) is 25.5 Å². The van der Waals surface area contributed by atoms with Crippen molar-refractivity contribution in [2.75, 3.05) is 5.32 Å². The van der Waals surface area contributed by atoms with Gasteiger partial charge in [0, 0.05) is 11.8 Å². The highest BCUT2D eigenvalue weighted by atomic mass is 35.5. The fourth-order valence-corrected chi connectivity index (χ4v) is 3.65. The number of benzene rings is 1. The topological polar surface area (TPSA) is 51.2 Å². The highest BCUT2D eigenvalue weighted by Gasteiger charge is 2.45. The molecule has 1 aromatic heterocycles. The van der Waals surface area contributed by atoms with Gasteiger partial charge in [-0.1, -0.05) is 30.7 Å². The molecular formula is C16H17ClN2O2S. The van der Waals surface area contributed by atoms with Crippen molar-refractivity contribution >= 4 is 39.7 Å². The van der Waals surface area contributed by atoms with Crippen molar-refractivity contribution in [2.45, 2.75) is 32.3 Å². The first-order valence-electron chi connectivity index (χ1n) is 7.22. The van der Waals surface area contributed by atoms with Crippen LogP contribution >= 0.6 is 22.9 Å². The first kappa shape index (κ1) is 15.3. The van der Waals surface area contributed by atoms with Crippen molar-refractivity contribution in [1.29, 1.82) is 0 Å². The summed E-state index contributed by atoms with van der Waals surface area (Å²) in [6, 6.07) is 7.51. The molecule has 2 heterocycles. The average Bonchev–Trinajstić information content (AvgIpc) is 3.07. The third-order valence-electron chi connectivity index (χ3n) is 3.95. The van der Waals surface area contributed by atoms with E-state index in [-0.39, 0.29) is 11.9 Å². The molecule has 6 heteroatoms. The van der Waals surface area contributed by atoms with Gasteiger partial charge in [0.15, 0.2) is 10.7 Å². The van der Waals surface area contributed by atoms with E-state index in [9.17, 15) is 4.79 Å². The van der Waals surface area contributed by atoms with E-state index in [0.717, 1.165) is 22.9 Å². The zero-order valence-electron chi connectivity index (χ0n) is 12.4. The molecule has 1 N–H and O–H groups in total. The molecule has 116 valence electrons. The van der Waals surface area contributed by atoms with Crippen LogP contribution in [0.25, 0.3) is 0 Å². The minimum Gasteiger partial charge on any atom is -0.453 e. The second-order valence-corrected chi connectivity index (χ2v) is 6.87. The summed E-state index contributed by atoms with van der Waals surface area (Å²) in [5, 5.41) is 6.52. The highest BCUT2D eigenvalue weighted by Crippen LogP contribution is 2.41. The number of nitrogens with one attached hydrogen (secondary N) is 1. The molecule has 22 heavy (non-hydrogen) atoms. The summed E-state index contributed by atoms with van der Waals surface area (Å²) in [5.74, 6) is -0.162. The number of carbonyl (C=O) groups excluding carboxylic acids is 1. The van der Waals surface area contributed by atoms with E-state index in [2.05, 4.69) is 10.3 Å². The Morgan fingerprint density at radius 1 is 1.50 bits per heavy atom. The normalized spacial score (nSPS) is 24.3. The largest absolute Gasteiger partial charge is 0.453 e. The minimum absolute atomic E-state index is 0.0355. The van der Waals surface area contributed by atoms with E-state index in [0.29, 0.717) is 11.4 Å². The van der Waals surface area contributed by atoms with E-state index in [4.69, 9.17) is 16.3 Å². The van der Waals surface area contributed by atoms with Gasteiger partial charge in [-0.2, -0.15) is 0 Å². The van der Waals surface area contributed by atoms with Crippen LogP contribution in [0.1, 0.15) is 32.4 Å². The zero-order chi connectivity index (χ0) is 15.7. The number of aromatic nitrogens is 1. The third kappa shape index (κ3) is 2.83. The number of halogens is 1. The van der Waals surface area contributed by atoms with E-state index < -0.39 is 5.60 Å². The fraction of sp³-hybridized carbons (Fsp3) is 0.375. The van der Waals surface area contributed by atoms with Gasteiger partial charge in [-0.15, -0.1) is 11.3 Å². The Morgan fingerprint density at radius 2 is 2.27 bits per heavy atom. The van der Waals surface area contributed by atoms with Crippen LogP contribution in [-0.2, 0) is 15.1 Å². The Labute approximate surface area is 138 Å². The summed E-state index contributed by atoms with van der Waals surface area (Å²) >= 11 is 7.61. The Morgan fingerprint density at radius 3 is 2.95 bits per heavy atom. The number of rotatable bonds is 4. The molecule has 3 rings (SSSR count). The van der Waals surface area contributed by atoms with Crippen LogP contribution < -0.4 is 5.32 Å². The van der Waals surface area contributed by atoms with Crippen LogP contribution in [0.2, 0.25) is 5.02 Å². The molecule has 0 bridgehead atoms. The number of nitrogens with zero attached hydrogens (tertiary/aromatic N) is 1. The summed E-state index contributed by atoms with van der Waals surface area (Å²) < 4.78 is 5.58. The number of hydrogen-bond acceptors (Lipinski definition) is 5. The lowest BCUT2D eigenvalue weighted by Crippen LogP contribution is -2.21. The lowest BCUT2D eigenvalue weighted by molar-refractivity contribution is -0.150. The molecule has 0 amide bonds. The Kier molecular flexibility index (Phi) is 4.10. The zero-order valence-corrected chi connectivity index (χ0v) is 14.0. The molecule has 1 aliphatic rings. The number of esters is 1. The lowest BCUT2D eigenvalue weighted by Gasteiger charge is -2.19. The van der Waals surface area contributed by atoms with Crippen molar-refractivity contribution in [3.8, 4) is 0 Å². The van der Waals surface area contributed by atoms with Gasteiger partial charge < -0.3 is 10.1 Å². The van der Waals surface area contributed by atoms with E-state index in [1.165, 1.54) is 11.3 Å². The van der Waals surface area contributed by atoms with Gasteiger partial charge in [0.2, 0.25) is 0 Å². The van der Waals surface area contributed by atoms with Gasteiger partial charge in [-0.3, -0.25) is 4.79 Å². The first-order chi connectivity index (χ1) is 10.5. The maximum atomic E-state index is 11.9. The number of para-hydroxylation sites is 1. The monoisotopic (exact) mass is 336 g/mol. The minimum atomic E-state index is -0.630. The standard InChI is InChI=1S/C16H17ClN2O2S/c1-3-10-8-16(2,21-14(10)20)13-9-22-15(19-13)18-12-7-5-4-6-11(12)17/h4-7,9-10H,3,8H2,1-2H3,(H,18,19)/t10-,16-/m1/s1. The van der Waals surface area contributed by atoms with E-state index in [1.54, 1.807) is 0 Å². The lowest BCUT2D eigenvalue weighted by atomic mass is 9.92. The van der Waals surface area contributed by atoms with Crippen LogP contribution in [0.3, 0.4) is 0 Å². The predicted octanol–water partition coefficient (Wildman–Crippen LogP) is 4.73. The van der Waals surface area contributed by atoms with Crippen molar-refractivity contribution in [1.82, 2.24) is 4.98 Å². The molecule has 0 saturated carbocycles. The molecule has 0 radical (unpaired) electrons. The number of anilines is 2. The molecule has 0 spiro atoms. The molecular weight excluding hydrogens is 320 g/mol.